The van der Waals surface area contributed by atoms with E-state index in [9.17, 15) is 8.42 Å². The molecule has 0 spiro atoms. The fourth-order valence-corrected chi connectivity index (χ4v) is 6.05. The minimum absolute atomic E-state index is 0.0932. The van der Waals surface area contributed by atoms with Gasteiger partial charge in [-0.15, -0.1) is 0 Å². The van der Waals surface area contributed by atoms with E-state index in [2.05, 4.69) is 27.9 Å². The van der Waals surface area contributed by atoms with Crippen molar-refractivity contribution in [2.45, 2.75) is 37.5 Å². The number of hydrogen-bond acceptors (Lipinski definition) is 8. The highest BCUT2D eigenvalue weighted by Crippen LogP contribution is 2.31. The van der Waals surface area contributed by atoms with E-state index >= 15 is 0 Å². The number of aromatic nitrogens is 2. The van der Waals surface area contributed by atoms with Crippen LogP contribution >= 0.6 is 0 Å². The lowest BCUT2D eigenvalue weighted by atomic mass is 9.82. The van der Waals surface area contributed by atoms with Gasteiger partial charge in [-0.05, 0) is 68.7 Å². The highest BCUT2D eigenvalue weighted by Gasteiger charge is 2.25. The molecule has 1 aliphatic carbocycles. The molecular weight excluding hydrogens is 490 g/mol. The Morgan fingerprint density at radius 3 is 2.35 bits per heavy atom. The topological polar surface area (TPSA) is 106 Å². The van der Waals surface area contributed by atoms with Crippen molar-refractivity contribution < 1.29 is 17.9 Å². The molecule has 4 rings (SSSR count). The molecule has 2 N–H and O–H groups in total. The maximum absolute atomic E-state index is 13.0. The fraction of sp³-hybridized carbons (Fsp3) is 0.481. The van der Waals surface area contributed by atoms with Crippen LogP contribution in [0.5, 0.6) is 11.5 Å². The number of methoxy groups -OCH3 is 2. The fourth-order valence-electron chi connectivity index (χ4n) is 4.75. The maximum atomic E-state index is 13.0. The summed E-state index contributed by atoms with van der Waals surface area (Å²) in [6.45, 7) is 4.17. The molecule has 37 heavy (non-hydrogen) atoms. The van der Waals surface area contributed by atoms with Crippen LogP contribution in [0.25, 0.3) is 10.9 Å². The van der Waals surface area contributed by atoms with Crippen LogP contribution in [-0.2, 0) is 10.0 Å². The molecule has 1 aromatic heterocycles. The predicted molar refractivity (Wildman–Crippen MR) is 147 cm³/mol. The molecule has 0 saturated heterocycles. The van der Waals surface area contributed by atoms with Gasteiger partial charge in [-0.25, -0.2) is 18.1 Å². The van der Waals surface area contributed by atoms with E-state index in [0.29, 0.717) is 35.8 Å². The van der Waals surface area contributed by atoms with Crippen LogP contribution in [0.2, 0.25) is 0 Å². The molecule has 1 aliphatic rings. The third-order valence-electron chi connectivity index (χ3n) is 7.16. The molecule has 10 heteroatoms. The lowest BCUT2D eigenvalue weighted by Gasteiger charge is -2.29. The summed E-state index contributed by atoms with van der Waals surface area (Å²) >= 11 is 0. The van der Waals surface area contributed by atoms with Crippen molar-refractivity contribution in [2.75, 3.05) is 51.1 Å². The molecule has 2 aromatic carbocycles. The van der Waals surface area contributed by atoms with Gasteiger partial charge in [-0.3, -0.25) is 0 Å². The average Bonchev–Trinajstić information content (AvgIpc) is 2.94. The summed E-state index contributed by atoms with van der Waals surface area (Å²) in [6.07, 6.45) is 3.98. The highest BCUT2D eigenvalue weighted by atomic mass is 32.2. The minimum atomic E-state index is -3.71. The summed E-state index contributed by atoms with van der Waals surface area (Å²) in [6, 6.07) is 12.9. The number of nitrogens with one attached hydrogen (secondary N) is 2. The van der Waals surface area contributed by atoms with E-state index in [1.807, 2.05) is 25.2 Å². The summed E-state index contributed by atoms with van der Waals surface area (Å²) in [5, 5.41) is 4.50. The second kappa shape index (κ2) is 12.0. The number of ether oxygens (including phenoxy) is 2. The quantitative estimate of drug-likeness (QED) is 0.380. The Hall–Kier alpha value is -3.11. The maximum Gasteiger partial charge on any atom is 0.244 e. The summed E-state index contributed by atoms with van der Waals surface area (Å²) in [7, 11) is 1.29. The van der Waals surface area contributed by atoms with Gasteiger partial charge in [0.15, 0.2) is 0 Å². The van der Waals surface area contributed by atoms with Gasteiger partial charge in [0, 0.05) is 38.1 Å². The molecule has 0 radical (unpaired) electrons. The van der Waals surface area contributed by atoms with Gasteiger partial charge in [-0.2, -0.15) is 4.98 Å². The van der Waals surface area contributed by atoms with Crippen LogP contribution < -0.4 is 24.4 Å². The number of fused-ring (bicyclic) bond motifs is 1. The lowest BCUT2D eigenvalue weighted by Crippen LogP contribution is -2.32. The van der Waals surface area contributed by atoms with Crippen molar-refractivity contribution >= 4 is 32.7 Å². The molecule has 0 atom stereocenters. The van der Waals surface area contributed by atoms with Crippen molar-refractivity contribution in [2.24, 2.45) is 11.8 Å². The van der Waals surface area contributed by atoms with Crippen molar-refractivity contribution in [3.05, 3.63) is 42.5 Å². The van der Waals surface area contributed by atoms with Crippen molar-refractivity contribution in [1.82, 2.24) is 14.7 Å². The van der Waals surface area contributed by atoms with E-state index in [-0.39, 0.29) is 4.90 Å². The summed E-state index contributed by atoms with van der Waals surface area (Å²) in [4.78, 5) is 11.7. The first-order valence-corrected chi connectivity index (χ1v) is 14.3. The SMILES string of the molecule is CCN(C)c1nc(NC[C@H]2CC[C@H](CNS(=O)(=O)c3cc(OC)ccc3OC)CC2)nc2ccccc12. The van der Waals surface area contributed by atoms with E-state index in [1.54, 1.807) is 12.1 Å². The van der Waals surface area contributed by atoms with Crippen molar-refractivity contribution in [3.8, 4) is 11.5 Å². The molecule has 1 fully saturated rings. The second-order valence-electron chi connectivity index (χ2n) is 9.54. The molecule has 0 bridgehead atoms. The van der Waals surface area contributed by atoms with Crippen molar-refractivity contribution in [1.29, 1.82) is 0 Å². The number of nitrogens with zero attached hydrogens (tertiary/aromatic N) is 3. The molecular formula is C27H37N5O4S. The third-order valence-corrected chi connectivity index (χ3v) is 8.60. The Kier molecular flexibility index (Phi) is 8.71. The van der Waals surface area contributed by atoms with Gasteiger partial charge in [0.25, 0.3) is 0 Å². The molecule has 0 unspecified atom stereocenters. The summed E-state index contributed by atoms with van der Waals surface area (Å²) < 4.78 is 39.2. The molecule has 9 nitrogen and oxygen atoms in total. The molecule has 0 aliphatic heterocycles. The van der Waals surface area contributed by atoms with Gasteiger partial charge >= 0.3 is 0 Å². The number of benzene rings is 2. The molecule has 0 amide bonds. The normalized spacial score (nSPS) is 17.9. The first-order chi connectivity index (χ1) is 17.8. The zero-order valence-corrected chi connectivity index (χ0v) is 22.8. The number of hydrogen-bond donors (Lipinski definition) is 2. The Bertz CT molecular complexity index is 1310. The van der Waals surface area contributed by atoms with E-state index in [0.717, 1.165) is 55.5 Å². The monoisotopic (exact) mass is 527 g/mol. The van der Waals surface area contributed by atoms with Gasteiger partial charge in [-0.1, -0.05) is 12.1 Å². The van der Waals surface area contributed by atoms with Crippen LogP contribution in [0.1, 0.15) is 32.6 Å². The first kappa shape index (κ1) is 26.9. The smallest absolute Gasteiger partial charge is 0.244 e. The first-order valence-electron chi connectivity index (χ1n) is 12.8. The van der Waals surface area contributed by atoms with Crippen molar-refractivity contribution in [3.63, 3.8) is 0 Å². The van der Waals surface area contributed by atoms with Crippen LogP contribution in [0.4, 0.5) is 11.8 Å². The Morgan fingerprint density at radius 1 is 0.973 bits per heavy atom. The summed E-state index contributed by atoms with van der Waals surface area (Å²) in [5.41, 5.74) is 0.930. The standard InChI is InChI=1S/C27H37N5O4S/c1-5-32(2)26-22-8-6-7-9-23(22)30-27(31-26)28-17-19-10-12-20(13-11-19)18-29-37(33,34)25-16-21(35-3)14-15-24(25)36-4/h6-9,14-16,19-20,29H,5,10-13,17-18H2,1-4H3,(H,28,30,31)/t19-,20-. The van der Waals surface area contributed by atoms with E-state index in [4.69, 9.17) is 19.4 Å². The van der Waals surface area contributed by atoms with Crippen LogP contribution in [0, 0.1) is 11.8 Å². The zero-order chi connectivity index (χ0) is 26.4. The third kappa shape index (κ3) is 6.42. The van der Waals surface area contributed by atoms with Crippen LogP contribution in [0.3, 0.4) is 0 Å². The molecule has 1 saturated carbocycles. The molecule has 3 aromatic rings. The lowest BCUT2D eigenvalue weighted by molar-refractivity contribution is 0.284. The van der Waals surface area contributed by atoms with Gasteiger partial charge in [0.1, 0.15) is 22.2 Å². The van der Waals surface area contributed by atoms with Crippen LogP contribution in [0.15, 0.2) is 47.4 Å². The second-order valence-corrected chi connectivity index (χ2v) is 11.3. The Morgan fingerprint density at radius 2 is 1.68 bits per heavy atom. The largest absolute Gasteiger partial charge is 0.497 e. The molecule has 200 valence electrons. The van der Waals surface area contributed by atoms with Crippen LogP contribution in [-0.4, -0.2) is 59.3 Å². The average molecular weight is 528 g/mol. The predicted octanol–water partition coefficient (Wildman–Crippen LogP) is 4.30. The highest BCUT2D eigenvalue weighted by molar-refractivity contribution is 7.89. The number of rotatable bonds is 11. The van der Waals surface area contributed by atoms with Gasteiger partial charge in [0.05, 0.1) is 19.7 Å². The Labute approximate surface area is 219 Å². The number of para-hydroxylation sites is 1. The minimum Gasteiger partial charge on any atom is -0.497 e. The van der Waals surface area contributed by atoms with Gasteiger partial charge < -0.3 is 19.7 Å². The number of anilines is 2. The van der Waals surface area contributed by atoms with E-state index in [1.165, 1.54) is 20.3 Å². The summed E-state index contributed by atoms with van der Waals surface area (Å²) in [5.74, 6) is 3.14. The molecule has 1 heterocycles. The number of sulfonamides is 1. The van der Waals surface area contributed by atoms with Gasteiger partial charge in [0.2, 0.25) is 16.0 Å². The zero-order valence-electron chi connectivity index (χ0n) is 22.0. The van der Waals surface area contributed by atoms with E-state index < -0.39 is 10.0 Å². The Balaban J connectivity index is 1.31.